The van der Waals surface area contributed by atoms with Crippen LogP contribution in [0.25, 0.3) is 0 Å². The van der Waals surface area contributed by atoms with E-state index in [4.69, 9.17) is 11.6 Å². The highest BCUT2D eigenvalue weighted by molar-refractivity contribution is 7.89. The summed E-state index contributed by atoms with van der Waals surface area (Å²) < 4.78 is 26.0. The Balaban J connectivity index is 1.80. The topological polar surface area (TPSA) is 86.7 Å². The van der Waals surface area contributed by atoms with E-state index in [1.54, 1.807) is 24.3 Å². The predicted molar refractivity (Wildman–Crippen MR) is 90.6 cm³/mol. The van der Waals surface area contributed by atoms with Gasteiger partial charge in [0.15, 0.2) is 0 Å². The van der Waals surface area contributed by atoms with Crippen molar-refractivity contribution in [3.63, 3.8) is 0 Å². The number of carbonyl (C=O) groups excluding carboxylic acids is 1. The minimum Gasteiger partial charge on any atom is -0.390 e. The molecule has 126 valence electrons. The molecule has 1 fully saturated rings. The van der Waals surface area contributed by atoms with Crippen molar-refractivity contribution in [1.29, 1.82) is 0 Å². The molecule has 24 heavy (non-hydrogen) atoms. The summed E-state index contributed by atoms with van der Waals surface area (Å²) in [5.41, 5.74) is 0.788. The van der Waals surface area contributed by atoms with Crippen LogP contribution < -0.4 is 5.32 Å². The molecule has 0 bridgehead atoms. The number of aliphatic hydroxyl groups excluding tert-OH is 1. The smallest absolute Gasteiger partial charge is 0.255 e. The SMILES string of the molecule is O=C(Nc1ccc(Cl)cc1)c1cccc(S(=O)(=O)N2CC(O)C2)c1. The van der Waals surface area contributed by atoms with Crippen LogP contribution in [0.15, 0.2) is 53.4 Å². The van der Waals surface area contributed by atoms with Crippen molar-refractivity contribution in [3.05, 3.63) is 59.1 Å². The molecule has 0 saturated carbocycles. The summed E-state index contributed by atoms with van der Waals surface area (Å²) in [4.78, 5) is 12.3. The van der Waals surface area contributed by atoms with Crippen LogP contribution in [0.3, 0.4) is 0 Å². The average Bonchev–Trinajstić information content (AvgIpc) is 2.54. The van der Waals surface area contributed by atoms with Crippen LogP contribution >= 0.6 is 11.6 Å². The van der Waals surface area contributed by atoms with Crippen LogP contribution in [-0.4, -0.2) is 42.9 Å². The number of sulfonamides is 1. The Labute approximate surface area is 144 Å². The van der Waals surface area contributed by atoms with Crippen molar-refractivity contribution in [2.75, 3.05) is 18.4 Å². The highest BCUT2D eigenvalue weighted by Crippen LogP contribution is 2.23. The van der Waals surface area contributed by atoms with Gasteiger partial charge in [-0.2, -0.15) is 4.31 Å². The number of nitrogens with zero attached hydrogens (tertiary/aromatic N) is 1. The molecule has 8 heteroatoms. The highest BCUT2D eigenvalue weighted by atomic mass is 35.5. The Morgan fingerprint density at radius 2 is 1.83 bits per heavy atom. The molecule has 6 nitrogen and oxygen atoms in total. The van der Waals surface area contributed by atoms with Gasteiger partial charge < -0.3 is 10.4 Å². The van der Waals surface area contributed by atoms with Gasteiger partial charge in [0.1, 0.15) is 0 Å². The van der Waals surface area contributed by atoms with E-state index in [1.807, 2.05) is 0 Å². The minimum absolute atomic E-state index is 0.0261. The number of rotatable bonds is 4. The molecule has 0 unspecified atom stereocenters. The molecule has 1 saturated heterocycles. The number of amides is 1. The lowest BCUT2D eigenvalue weighted by Gasteiger charge is -2.34. The third-order valence-corrected chi connectivity index (χ3v) is 5.74. The first-order valence-corrected chi connectivity index (χ1v) is 9.03. The molecule has 1 aliphatic rings. The van der Waals surface area contributed by atoms with Gasteiger partial charge in [0, 0.05) is 29.4 Å². The number of hydrogen-bond acceptors (Lipinski definition) is 4. The third kappa shape index (κ3) is 3.44. The van der Waals surface area contributed by atoms with E-state index in [2.05, 4.69) is 5.32 Å². The molecule has 0 radical (unpaired) electrons. The zero-order valence-corrected chi connectivity index (χ0v) is 14.1. The average molecular weight is 367 g/mol. The first kappa shape index (κ1) is 16.9. The lowest BCUT2D eigenvalue weighted by Crippen LogP contribution is -2.53. The van der Waals surface area contributed by atoms with Crippen molar-refractivity contribution >= 4 is 33.2 Å². The van der Waals surface area contributed by atoms with Crippen molar-refractivity contribution < 1.29 is 18.3 Å². The summed E-state index contributed by atoms with van der Waals surface area (Å²) in [6, 6.07) is 12.4. The second kappa shape index (κ2) is 6.52. The summed E-state index contributed by atoms with van der Waals surface area (Å²) in [6.07, 6.45) is -0.629. The maximum atomic E-state index is 12.4. The number of β-amino-alcohol motifs (C(OH)–C–C–N with tert-alkyl or cyclic N) is 1. The highest BCUT2D eigenvalue weighted by Gasteiger charge is 2.35. The van der Waals surface area contributed by atoms with Crippen LogP contribution in [0.4, 0.5) is 5.69 Å². The summed E-state index contributed by atoms with van der Waals surface area (Å²) >= 11 is 5.79. The van der Waals surface area contributed by atoms with E-state index in [0.717, 1.165) is 0 Å². The molecule has 0 aromatic heterocycles. The molecule has 2 N–H and O–H groups in total. The molecular weight excluding hydrogens is 352 g/mol. The normalized spacial score (nSPS) is 15.8. The summed E-state index contributed by atoms with van der Waals surface area (Å²) in [5, 5.41) is 12.5. The van der Waals surface area contributed by atoms with Gasteiger partial charge in [-0.05, 0) is 42.5 Å². The van der Waals surface area contributed by atoms with E-state index in [9.17, 15) is 18.3 Å². The molecule has 2 aromatic rings. The van der Waals surface area contributed by atoms with Crippen molar-refractivity contribution in [2.24, 2.45) is 0 Å². The fourth-order valence-electron chi connectivity index (χ4n) is 2.30. The van der Waals surface area contributed by atoms with Gasteiger partial charge in [-0.25, -0.2) is 8.42 Å². The maximum absolute atomic E-state index is 12.4. The third-order valence-electron chi connectivity index (χ3n) is 3.66. The Morgan fingerprint density at radius 1 is 1.17 bits per heavy atom. The molecular formula is C16H15ClN2O4S. The zero-order valence-electron chi connectivity index (χ0n) is 12.5. The quantitative estimate of drug-likeness (QED) is 0.866. The van der Waals surface area contributed by atoms with Crippen LogP contribution in [0.1, 0.15) is 10.4 Å². The second-order valence-corrected chi connectivity index (χ2v) is 7.84. The largest absolute Gasteiger partial charge is 0.390 e. The number of benzene rings is 2. The zero-order chi connectivity index (χ0) is 17.3. The minimum atomic E-state index is -3.69. The molecule has 0 spiro atoms. The van der Waals surface area contributed by atoms with E-state index >= 15 is 0 Å². The first-order chi connectivity index (χ1) is 11.4. The lowest BCUT2D eigenvalue weighted by atomic mass is 10.2. The van der Waals surface area contributed by atoms with E-state index in [1.165, 1.54) is 28.6 Å². The first-order valence-electron chi connectivity index (χ1n) is 7.21. The van der Waals surface area contributed by atoms with Crippen LogP contribution in [0.2, 0.25) is 5.02 Å². The maximum Gasteiger partial charge on any atom is 0.255 e. The number of halogens is 1. The Bertz CT molecular complexity index is 862. The predicted octanol–water partition coefficient (Wildman–Crippen LogP) is 1.96. The Hall–Kier alpha value is -1.93. The van der Waals surface area contributed by atoms with Crippen LogP contribution in [0, 0.1) is 0 Å². The van der Waals surface area contributed by atoms with Crippen molar-refractivity contribution in [2.45, 2.75) is 11.0 Å². The molecule has 1 aliphatic heterocycles. The van der Waals surface area contributed by atoms with Crippen molar-refractivity contribution in [3.8, 4) is 0 Å². The number of hydrogen-bond donors (Lipinski definition) is 2. The fraction of sp³-hybridized carbons (Fsp3) is 0.188. The molecule has 1 heterocycles. The standard InChI is InChI=1S/C16H15ClN2O4S/c17-12-4-6-13(7-5-12)18-16(21)11-2-1-3-15(8-11)24(22,23)19-9-14(20)10-19/h1-8,14,20H,9-10H2,(H,18,21). The summed E-state index contributed by atoms with van der Waals surface area (Å²) in [6.45, 7) is 0.146. The molecule has 3 rings (SSSR count). The van der Waals surface area contributed by atoms with Gasteiger partial charge in [-0.15, -0.1) is 0 Å². The monoisotopic (exact) mass is 366 g/mol. The summed E-state index contributed by atoms with van der Waals surface area (Å²) in [5.74, 6) is -0.419. The van der Waals surface area contributed by atoms with Crippen molar-refractivity contribution in [1.82, 2.24) is 4.31 Å². The van der Waals surface area contributed by atoms with Crippen LogP contribution in [0.5, 0.6) is 0 Å². The van der Waals surface area contributed by atoms with Gasteiger partial charge in [0.25, 0.3) is 5.91 Å². The summed E-state index contributed by atoms with van der Waals surface area (Å²) in [7, 11) is -3.69. The number of anilines is 1. The second-order valence-electron chi connectivity index (χ2n) is 5.46. The number of carbonyl (C=O) groups is 1. The molecule has 0 atom stereocenters. The molecule has 0 aliphatic carbocycles. The fourth-order valence-corrected chi connectivity index (χ4v) is 3.98. The van der Waals surface area contributed by atoms with Gasteiger partial charge in [-0.1, -0.05) is 17.7 Å². The number of nitrogens with one attached hydrogen (secondary N) is 1. The lowest BCUT2D eigenvalue weighted by molar-refractivity contribution is 0.0548. The van der Waals surface area contributed by atoms with E-state index < -0.39 is 22.0 Å². The molecule has 1 amide bonds. The Morgan fingerprint density at radius 3 is 2.46 bits per heavy atom. The number of aliphatic hydroxyl groups is 1. The van der Waals surface area contributed by atoms with Gasteiger partial charge in [0.05, 0.1) is 11.0 Å². The molecule has 2 aromatic carbocycles. The Kier molecular flexibility index (Phi) is 4.60. The van der Waals surface area contributed by atoms with E-state index in [-0.39, 0.29) is 23.5 Å². The van der Waals surface area contributed by atoms with Crippen LogP contribution in [-0.2, 0) is 10.0 Å². The van der Waals surface area contributed by atoms with Gasteiger partial charge in [-0.3, -0.25) is 4.79 Å². The van der Waals surface area contributed by atoms with Gasteiger partial charge >= 0.3 is 0 Å². The van der Waals surface area contributed by atoms with E-state index in [0.29, 0.717) is 10.7 Å². The van der Waals surface area contributed by atoms with Gasteiger partial charge in [0.2, 0.25) is 10.0 Å².